The molecule has 1 heterocycles. The maximum atomic E-state index is 11.7. The third-order valence-corrected chi connectivity index (χ3v) is 2.86. The van der Waals surface area contributed by atoms with Crippen molar-refractivity contribution >= 4 is 11.6 Å². The van der Waals surface area contributed by atoms with E-state index in [0.717, 1.165) is 12.8 Å². The van der Waals surface area contributed by atoms with Crippen molar-refractivity contribution in [3.05, 3.63) is 18.2 Å². The number of carbonyl (C=O) groups is 1. The van der Waals surface area contributed by atoms with Gasteiger partial charge in [-0.3, -0.25) is 4.79 Å². The highest BCUT2D eigenvalue weighted by Gasteiger charge is 2.55. The molecule has 1 aromatic carbocycles. The number of fused-ring (bicyclic) bond motifs is 1. The van der Waals surface area contributed by atoms with Gasteiger partial charge in [0, 0.05) is 12.8 Å². The van der Waals surface area contributed by atoms with Crippen LogP contribution in [0.3, 0.4) is 0 Å². The first-order valence-corrected chi connectivity index (χ1v) is 4.93. The molecule has 0 unspecified atom stereocenters. The molecule has 1 amide bonds. The van der Waals surface area contributed by atoms with Gasteiger partial charge in [-0.05, 0) is 12.1 Å². The lowest BCUT2D eigenvalue weighted by Crippen LogP contribution is -2.39. The van der Waals surface area contributed by atoms with Gasteiger partial charge in [0.05, 0.1) is 12.8 Å². The van der Waals surface area contributed by atoms with Crippen LogP contribution >= 0.6 is 0 Å². The number of methoxy groups -OCH3 is 1. The highest BCUT2D eigenvalue weighted by molar-refractivity contribution is 6.03. The number of benzene rings is 1. The number of carbonyl (C=O) groups excluding carboxylic acids is 1. The van der Waals surface area contributed by atoms with Crippen molar-refractivity contribution in [2.24, 2.45) is 0 Å². The minimum Gasteiger partial charge on any atom is -0.493 e. The van der Waals surface area contributed by atoms with Crippen LogP contribution in [0.4, 0.5) is 5.69 Å². The Morgan fingerprint density at radius 2 is 2.27 bits per heavy atom. The Morgan fingerprint density at radius 1 is 1.47 bits per heavy atom. The van der Waals surface area contributed by atoms with Crippen molar-refractivity contribution in [3.63, 3.8) is 0 Å². The third-order valence-electron chi connectivity index (χ3n) is 2.86. The highest BCUT2D eigenvalue weighted by Crippen LogP contribution is 2.49. The molecule has 1 saturated carbocycles. The van der Waals surface area contributed by atoms with E-state index in [1.54, 1.807) is 7.11 Å². The molecular weight excluding hydrogens is 194 g/mol. The topological polar surface area (TPSA) is 47.6 Å². The molecule has 1 N–H and O–H groups in total. The Kier molecular flexibility index (Phi) is 1.52. The summed E-state index contributed by atoms with van der Waals surface area (Å²) in [5, 5.41) is 2.84. The second kappa shape index (κ2) is 2.66. The standard InChI is InChI=1S/C11H11NO3/c1-14-8-4-2-3-7-9(8)15-11(5-6-11)10(13)12-7/h2-4H,5-6H2,1H3,(H,12,13). The normalized spacial score (nSPS) is 20.2. The average molecular weight is 205 g/mol. The molecule has 1 fully saturated rings. The first-order valence-electron chi connectivity index (χ1n) is 4.93. The van der Waals surface area contributed by atoms with Gasteiger partial charge in [0.25, 0.3) is 5.91 Å². The number of rotatable bonds is 1. The average Bonchev–Trinajstić information content (AvgIpc) is 3.00. The van der Waals surface area contributed by atoms with Crippen molar-refractivity contribution in [2.45, 2.75) is 18.4 Å². The number of hydrogen-bond donors (Lipinski definition) is 1. The molecule has 1 aliphatic carbocycles. The van der Waals surface area contributed by atoms with E-state index in [9.17, 15) is 4.79 Å². The fraction of sp³-hybridized carbons (Fsp3) is 0.364. The number of anilines is 1. The van der Waals surface area contributed by atoms with E-state index in [-0.39, 0.29) is 5.91 Å². The van der Waals surface area contributed by atoms with Crippen molar-refractivity contribution in [3.8, 4) is 11.5 Å². The van der Waals surface area contributed by atoms with Crippen molar-refractivity contribution < 1.29 is 14.3 Å². The third kappa shape index (κ3) is 1.11. The zero-order valence-corrected chi connectivity index (χ0v) is 8.37. The van der Waals surface area contributed by atoms with Crippen molar-refractivity contribution in [2.75, 3.05) is 12.4 Å². The van der Waals surface area contributed by atoms with Crippen LogP contribution in [0.2, 0.25) is 0 Å². The largest absolute Gasteiger partial charge is 0.493 e. The van der Waals surface area contributed by atoms with Gasteiger partial charge >= 0.3 is 0 Å². The number of nitrogens with one attached hydrogen (secondary N) is 1. The molecule has 1 aliphatic heterocycles. The zero-order valence-electron chi connectivity index (χ0n) is 8.37. The van der Waals surface area contributed by atoms with E-state index in [2.05, 4.69) is 5.32 Å². The molecular formula is C11H11NO3. The number of para-hydroxylation sites is 1. The van der Waals surface area contributed by atoms with E-state index in [1.165, 1.54) is 0 Å². The molecule has 0 radical (unpaired) electrons. The minimum atomic E-state index is -0.609. The van der Waals surface area contributed by atoms with Gasteiger partial charge in [-0.15, -0.1) is 0 Å². The van der Waals surface area contributed by atoms with Crippen LogP contribution in [-0.4, -0.2) is 18.6 Å². The summed E-state index contributed by atoms with van der Waals surface area (Å²) in [6.45, 7) is 0. The molecule has 0 saturated heterocycles. The SMILES string of the molecule is COc1cccc2c1OC1(CC1)C(=O)N2. The van der Waals surface area contributed by atoms with Gasteiger partial charge in [0.1, 0.15) is 0 Å². The Hall–Kier alpha value is -1.71. The molecule has 4 nitrogen and oxygen atoms in total. The molecule has 0 aromatic heterocycles. The lowest BCUT2D eigenvalue weighted by atomic mass is 10.2. The van der Waals surface area contributed by atoms with Crippen LogP contribution in [0.15, 0.2) is 18.2 Å². The van der Waals surface area contributed by atoms with Gasteiger partial charge in [0.15, 0.2) is 17.1 Å². The van der Waals surface area contributed by atoms with Crippen molar-refractivity contribution in [1.29, 1.82) is 0 Å². The van der Waals surface area contributed by atoms with Gasteiger partial charge in [-0.2, -0.15) is 0 Å². The predicted molar refractivity (Wildman–Crippen MR) is 54.2 cm³/mol. The maximum Gasteiger partial charge on any atom is 0.268 e. The number of hydrogen-bond acceptors (Lipinski definition) is 3. The van der Waals surface area contributed by atoms with Gasteiger partial charge in [-0.1, -0.05) is 6.07 Å². The van der Waals surface area contributed by atoms with E-state index >= 15 is 0 Å². The highest BCUT2D eigenvalue weighted by atomic mass is 16.5. The fourth-order valence-corrected chi connectivity index (χ4v) is 1.80. The molecule has 1 aromatic rings. The molecule has 15 heavy (non-hydrogen) atoms. The fourth-order valence-electron chi connectivity index (χ4n) is 1.80. The summed E-state index contributed by atoms with van der Waals surface area (Å²) in [6, 6.07) is 5.46. The van der Waals surface area contributed by atoms with Gasteiger partial charge in [-0.25, -0.2) is 0 Å². The smallest absolute Gasteiger partial charge is 0.268 e. The predicted octanol–water partition coefficient (Wildman–Crippen LogP) is 1.56. The Bertz CT molecular complexity index is 437. The summed E-state index contributed by atoms with van der Waals surface area (Å²) >= 11 is 0. The van der Waals surface area contributed by atoms with Crippen LogP contribution in [-0.2, 0) is 4.79 Å². The summed E-state index contributed by atoms with van der Waals surface area (Å²) < 4.78 is 10.9. The van der Waals surface area contributed by atoms with Crippen LogP contribution in [0, 0.1) is 0 Å². The summed E-state index contributed by atoms with van der Waals surface area (Å²) in [7, 11) is 1.59. The summed E-state index contributed by atoms with van der Waals surface area (Å²) in [5.74, 6) is 1.28. The van der Waals surface area contributed by atoms with Gasteiger partial charge in [0.2, 0.25) is 0 Å². The quantitative estimate of drug-likeness (QED) is 0.756. The van der Waals surface area contributed by atoms with E-state index in [0.29, 0.717) is 17.2 Å². The maximum absolute atomic E-state index is 11.7. The van der Waals surface area contributed by atoms with Crippen molar-refractivity contribution in [1.82, 2.24) is 0 Å². The molecule has 1 spiro atoms. The molecule has 0 atom stereocenters. The summed E-state index contributed by atoms with van der Waals surface area (Å²) in [4.78, 5) is 11.7. The molecule has 2 aliphatic rings. The lowest BCUT2D eigenvalue weighted by molar-refractivity contribution is -0.125. The number of ether oxygens (including phenoxy) is 2. The van der Waals surface area contributed by atoms with Crippen LogP contribution in [0.5, 0.6) is 11.5 Å². The second-order valence-corrected chi connectivity index (χ2v) is 3.89. The van der Waals surface area contributed by atoms with E-state index < -0.39 is 5.60 Å². The van der Waals surface area contributed by atoms with Crippen LogP contribution < -0.4 is 14.8 Å². The summed E-state index contributed by atoms with van der Waals surface area (Å²) in [6.07, 6.45) is 1.58. The first-order chi connectivity index (χ1) is 7.25. The Balaban J connectivity index is 2.09. The van der Waals surface area contributed by atoms with Crippen LogP contribution in [0.1, 0.15) is 12.8 Å². The van der Waals surface area contributed by atoms with Gasteiger partial charge < -0.3 is 14.8 Å². The molecule has 78 valence electrons. The zero-order chi connectivity index (χ0) is 10.5. The van der Waals surface area contributed by atoms with E-state index in [4.69, 9.17) is 9.47 Å². The monoisotopic (exact) mass is 205 g/mol. The lowest BCUT2D eigenvalue weighted by Gasteiger charge is -2.26. The number of amides is 1. The minimum absolute atomic E-state index is 0.0387. The molecule has 3 rings (SSSR count). The Labute approximate surface area is 87.2 Å². The Morgan fingerprint density at radius 3 is 2.93 bits per heavy atom. The molecule has 4 heteroatoms. The molecule has 0 bridgehead atoms. The van der Waals surface area contributed by atoms with E-state index in [1.807, 2.05) is 18.2 Å². The van der Waals surface area contributed by atoms with Crippen LogP contribution in [0.25, 0.3) is 0 Å². The summed E-state index contributed by atoms with van der Waals surface area (Å²) in [5.41, 5.74) is 0.0821. The second-order valence-electron chi connectivity index (χ2n) is 3.89. The first kappa shape index (κ1) is 8.59.